The van der Waals surface area contributed by atoms with Crippen molar-refractivity contribution >= 4 is 5.91 Å². The first kappa shape index (κ1) is 10.1. The van der Waals surface area contributed by atoms with Gasteiger partial charge in [-0.2, -0.15) is 0 Å². The van der Waals surface area contributed by atoms with Crippen molar-refractivity contribution in [3.63, 3.8) is 0 Å². The highest BCUT2D eigenvalue weighted by Gasteiger charge is 2.20. The van der Waals surface area contributed by atoms with Crippen LogP contribution in [-0.2, 0) is 11.2 Å². The van der Waals surface area contributed by atoms with Gasteiger partial charge in [0.2, 0.25) is 5.91 Å². The zero-order valence-electron chi connectivity index (χ0n) is 8.72. The molecule has 0 bridgehead atoms. The van der Waals surface area contributed by atoms with Gasteiger partial charge in [-0.05, 0) is 42.5 Å². The highest BCUT2D eigenvalue weighted by Crippen LogP contribution is 2.30. The zero-order chi connectivity index (χ0) is 10.8. The van der Waals surface area contributed by atoms with E-state index in [1.807, 2.05) is 6.07 Å². The standard InChI is InChI=1S/C12H14FNO/c1-8(15)14-12-4-2-3-9-5-6-10(13)7-11(9)12/h5-7,12H,2-4H2,1H3,(H,14,15). The van der Waals surface area contributed by atoms with Crippen molar-refractivity contribution in [1.82, 2.24) is 5.32 Å². The van der Waals surface area contributed by atoms with Gasteiger partial charge >= 0.3 is 0 Å². The molecule has 2 rings (SSSR count). The van der Waals surface area contributed by atoms with E-state index in [0.29, 0.717) is 0 Å². The maximum Gasteiger partial charge on any atom is 0.217 e. The first-order valence-electron chi connectivity index (χ1n) is 5.22. The summed E-state index contributed by atoms with van der Waals surface area (Å²) in [5, 5.41) is 2.86. The Morgan fingerprint density at radius 1 is 1.53 bits per heavy atom. The third-order valence-corrected chi connectivity index (χ3v) is 2.80. The summed E-state index contributed by atoms with van der Waals surface area (Å²) in [6.07, 6.45) is 2.92. The lowest BCUT2D eigenvalue weighted by Crippen LogP contribution is -2.29. The van der Waals surface area contributed by atoms with Crippen molar-refractivity contribution in [2.45, 2.75) is 32.2 Å². The van der Waals surface area contributed by atoms with Gasteiger partial charge in [-0.1, -0.05) is 6.07 Å². The Balaban J connectivity index is 2.32. The largest absolute Gasteiger partial charge is 0.350 e. The topological polar surface area (TPSA) is 29.1 Å². The normalized spacial score (nSPS) is 19.5. The second-order valence-corrected chi connectivity index (χ2v) is 3.99. The highest BCUT2D eigenvalue weighted by atomic mass is 19.1. The molecule has 0 aromatic heterocycles. The molecule has 1 atom stereocenters. The third kappa shape index (κ3) is 2.17. The SMILES string of the molecule is CC(=O)NC1CCCc2ccc(F)cc21. The Bertz CT molecular complexity index is 389. The minimum absolute atomic E-state index is 0.0121. The number of nitrogens with one attached hydrogen (secondary N) is 1. The quantitative estimate of drug-likeness (QED) is 0.752. The minimum atomic E-state index is -0.231. The number of benzene rings is 1. The fraction of sp³-hybridized carbons (Fsp3) is 0.417. The number of halogens is 1. The van der Waals surface area contributed by atoms with Crippen LogP contribution in [0.3, 0.4) is 0 Å². The number of carbonyl (C=O) groups is 1. The van der Waals surface area contributed by atoms with Crippen molar-refractivity contribution in [2.24, 2.45) is 0 Å². The van der Waals surface area contributed by atoms with Crippen molar-refractivity contribution in [2.75, 3.05) is 0 Å². The van der Waals surface area contributed by atoms with Crippen LogP contribution in [0, 0.1) is 5.82 Å². The molecular weight excluding hydrogens is 193 g/mol. The van der Waals surface area contributed by atoms with Crippen molar-refractivity contribution < 1.29 is 9.18 Å². The van der Waals surface area contributed by atoms with Crippen LogP contribution in [0.4, 0.5) is 4.39 Å². The summed E-state index contributed by atoms with van der Waals surface area (Å²) < 4.78 is 13.1. The van der Waals surface area contributed by atoms with E-state index in [0.717, 1.165) is 30.4 Å². The Kier molecular flexibility index (Phi) is 2.71. The van der Waals surface area contributed by atoms with Crippen LogP contribution in [0.2, 0.25) is 0 Å². The molecule has 80 valence electrons. The van der Waals surface area contributed by atoms with Gasteiger partial charge in [-0.15, -0.1) is 0 Å². The summed E-state index contributed by atoms with van der Waals surface area (Å²) in [5.41, 5.74) is 2.10. The molecule has 2 nitrogen and oxygen atoms in total. The van der Waals surface area contributed by atoms with Crippen LogP contribution in [0.1, 0.15) is 36.9 Å². The van der Waals surface area contributed by atoms with Crippen LogP contribution in [-0.4, -0.2) is 5.91 Å². The van der Waals surface area contributed by atoms with Crippen LogP contribution in [0.25, 0.3) is 0 Å². The number of carbonyl (C=O) groups excluding carboxylic acids is 1. The zero-order valence-corrected chi connectivity index (χ0v) is 8.72. The summed E-state index contributed by atoms with van der Waals surface area (Å²) in [7, 11) is 0. The number of hydrogen-bond donors (Lipinski definition) is 1. The van der Waals surface area contributed by atoms with Crippen LogP contribution >= 0.6 is 0 Å². The first-order chi connectivity index (χ1) is 7.16. The second kappa shape index (κ2) is 4.01. The second-order valence-electron chi connectivity index (χ2n) is 3.99. The molecule has 0 spiro atoms. The lowest BCUT2D eigenvalue weighted by Gasteiger charge is -2.25. The predicted molar refractivity (Wildman–Crippen MR) is 55.9 cm³/mol. The van der Waals surface area contributed by atoms with Gasteiger partial charge in [0, 0.05) is 6.92 Å². The van der Waals surface area contributed by atoms with E-state index in [-0.39, 0.29) is 17.8 Å². The van der Waals surface area contributed by atoms with Gasteiger partial charge in [0.1, 0.15) is 5.82 Å². The minimum Gasteiger partial charge on any atom is -0.350 e. The Hall–Kier alpha value is -1.38. The molecule has 1 amide bonds. The smallest absolute Gasteiger partial charge is 0.217 e. The summed E-state index contributed by atoms with van der Waals surface area (Å²) in [6.45, 7) is 1.49. The Morgan fingerprint density at radius 2 is 2.33 bits per heavy atom. The lowest BCUT2D eigenvalue weighted by molar-refractivity contribution is -0.119. The molecule has 1 aromatic carbocycles. The van der Waals surface area contributed by atoms with Gasteiger partial charge < -0.3 is 5.32 Å². The molecule has 0 heterocycles. The molecule has 0 fully saturated rings. The first-order valence-corrected chi connectivity index (χ1v) is 5.22. The summed E-state index contributed by atoms with van der Waals surface area (Å²) in [6, 6.07) is 4.82. The third-order valence-electron chi connectivity index (χ3n) is 2.80. The number of amides is 1. The number of rotatable bonds is 1. The van der Waals surface area contributed by atoms with E-state index in [2.05, 4.69) is 5.32 Å². The molecule has 0 saturated carbocycles. The lowest BCUT2D eigenvalue weighted by atomic mass is 9.87. The molecule has 3 heteroatoms. The molecular formula is C12H14FNO. The summed E-state index contributed by atoms with van der Waals surface area (Å²) in [4.78, 5) is 11.0. The molecule has 1 unspecified atom stereocenters. The van der Waals surface area contributed by atoms with Gasteiger partial charge in [0.05, 0.1) is 6.04 Å². The molecule has 0 aliphatic heterocycles. The van der Waals surface area contributed by atoms with E-state index in [4.69, 9.17) is 0 Å². The van der Waals surface area contributed by atoms with Crippen LogP contribution in [0.5, 0.6) is 0 Å². The Labute approximate surface area is 88.5 Å². The van der Waals surface area contributed by atoms with Crippen molar-refractivity contribution in [3.05, 3.63) is 35.1 Å². The average Bonchev–Trinajstić information content (AvgIpc) is 2.18. The molecule has 1 aromatic rings. The number of fused-ring (bicyclic) bond motifs is 1. The Morgan fingerprint density at radius 3 is 3.07 bits per heavy atom. The van der Waals surface area contributed by atoms with Gasteiger partial charge in [0.25, 0.3) is 0 Å². The molecule has 1 N–H and O–H groups in total. The van der Waals surface area contributed by atoms with E-state index in [1.54, 1.807) is 0 Å². The fourth-order valence-electron chi connectivity index (χ4n) is 2.17. The van der Waals surface area contributed by atoms with E-state index < -0.39 is 0 Å². The van der Waals surface area contributed by atoms with E-state index >= 15 is 0 Å². The molecule has 0 radical (unpaired) electrons. The summed E-state index contributed by atoms with van der Waals surface area (Å²) >= 11 is 0. The molecule has 1 aliphatic rings. The van der Waals surface area contributed by atoms with Crippen molar-refractivity contribution in [3.8, 4) is 0 Å². The fourth-order valence-corrected chi connectivity index (χ4v) is 2.17. The number of hydrogen-bond acceptors (Lipinski definition) is 1. The summed E-state index contributed by atoms with van der Waals surface area (Å²) in [5.74, 6) is -0.289. The maximum atomic E-state index is 13.1. The van der Waals surface area contributed by atoms with Gasteiger partial charge in [-0.3, -0.25) is 4.79 Å². The van der Waals surface area contributed by atoms with Crippen LogP contribution in [0.15, 0.2) is 18.2 Å². The van der Waals surface area contributed by atoms with E-state index in [1.165, 1.54) is 19.1 Å². The predicted octanol–water partition coefficient (Wildman–Crippen LogP) is 2.34. The van der Waals surface area contributed by atoms with Crippen molar-refractivity contribution in [1.29, 1.82) is 0 Å². The molecule has 1 aliphatic carbocycles. The van der Waals surface area contributed by atoms with Gasteiger partial charge in [0.15, 0.2) is 0 Å². The van der Waals surface area contributed by atoms with E-state index in [9.17, 15) is 9.18 Å². The van der Waals surface area contributed by atoms with Gasteiger partial charge in [-0.25, -0.2) is 4.39 Å². The average molecular weight is 207 g/mol. The molecule has 0 saturated heterocycles. The number of aryl methyl sites for hydroxylation is 1. The maximum absolute atomic E-state index is 13.1. The van der Waals surface area contributed by atoms with Crippen LogP contribution < -0.4 is 5.32 Å². The molecule has 15 heavy (non-hydrogen) atoms. The monoisotopic (exact) mass is 207 g/mol. The highest BCUT2D eigenvalue weighted by molar-refractivity contribution is 5.73.